The van der Waals surface area contributed by atoms with Gasteiger partial charge < -0.3 is 0 Å². The predicted molar refractivity (Wildman–Crippen MR) is 52.6 cm³/mol. The average molecular weight is 152 g/mol. The van der Waals surface area contributed by atoms with E-state index in [2.05, 4.69) is 47.3 Å². The van der Waals surface area contributed by atoms with E-state index in [0.717, 1.165) is 6.42 Å². The van der Waals surface area contributed by atoms with Gasteiger partial charge in [0.1, 0.15) is 0 Å². The topological polar surface area (TPSA) is 0 Å². The molecule has 0 aromatic heterocycles. The zero-order chi connectivity index (χ0) is 9.07. The average Bonchev–Trinajstić information content (AvgIpc) is 2.01. The molecule has 0 heteroatoms. The lowest BCUT2D eigenvalue weighted by Gasteiger charge is -2.26. The summed E-state index contributed by atoms with van der Waals surface area (Å²) in [7, 11) is 0. The Hall–Kier alpha value is -0.520. The van der Waals surface area contributed by atoms with Crippen LogP contribution in [0, 0.1) is 5.41 Å². The molecule has 0 aliphatic carbocycles. The van der Waals surface area contributed by atoms with Crippen LogP contribution < -0.4 is 0 Å². The maximum Gasteiger partial charge on any atom is -0.0110 e. The first-order valence-corrected chi connectivity index (χ1v) is 4.28. The number of allylic oxidation sites excluding steroid dienone is 3. The van der Waals surface area contributed by atoms with Crippen LogP contribution in [0.5, 0.6) is 0 Å². The second kappa shape index (κ2) is 3.75. The highest BCUT2D eigenvalue weighted by Gasteiger charge is 2.19. The molecule has 0 aromatic carbocycles. The van der Waals surface area contributed by atoms with Crippen molar-refractivity contribution in [2.24, 2.45) is 5.41 Å². The summed E-state index contributed by atoms with van der Waals surface area (Å²) in [6, 6.07) is 0. The van der Waals surface area contributed by atoms with E-state index in [1.54, 1.807) is 0 Å². The van der Waals surface area contributed by atoms with E-state index in [4.69, 9.17) is 0 Å². The van der Waals surface area contributed by atoms with Crippen LogP contribution in [0.25, 0.3) is 0 Å². The van der Waals surface area contributed by atoms with Crippen LogP contribution in [0.2, 0.25) is 0 Å². The lowest BCUT2D eigenvalue weighted by molar-refractivity contribution is 0.436. The molecule has 0 radical (unpaired) electrons. The number of hydrogen-bond donors (Lipinski definition) is 0. The summed E-state index contributed by atoms with van der Waals surface area (Å²) in [6.45, 7) is 15.0. The van der Waals surface area contributed by atoms with E-state index in [1.807, 2.05) is 0 Å². The molecule has 0 saturated carbocycles. The van der Waals surface area contributed by atoms with Crippen molar-refractivity contribution in [3.8, 4) is 0 Å². The van der Waals surface area contributed by atoms with E-state index in [1.165, 1.54) is 11.1 Å². The van der Waals surface area contributed by atoms with Crippen molar-refractivity contribution >= 4 is 0 Å². The van der Waals surface area contributed by atoms with Gasteiger partial charge in [-0.1, -0.05) is 39.0 Å². The van der Waals surface area contributed by atoms with Crippen LogP contribution >= 0.6 is 0 Å². The van der Waals surface area contributed by atoms with Crippen LogP contribution in [0.3, 0.4) is 0 Å². The van der Waals surface area contributed by atoms with E-state index < -0.39 is 0 Å². The lowest BCUT2D eigenvalue weighted by atomic mass is 9.79. The Balaban J connectivity index is 4.49. The molecular weight excluding hydrogens is 132 g/mol. The fourth-order valence-electron chi connectivity index (χ4n) is 0.921. The molecule has 0 amide bonds. The highest BCUT2D eigenvalue weighted by molar-refractivity contribution is 5.30. The highest BCUT2D eigenvalue weighted by atomic mass is 14.2. The van der Waals surface area contributed by atoms with E-state index >= 15 is 0 Å². The van der Waals surface area contributed by atoms with Gasteiger partial charge in [0.2, 0.25) is 0 Å². The molecule has 0 atom stereocenters. The summed E-state index contributed by atoms with van der Waals surface area (Å²) in [4.78, 5) is 0. The van der Waals surface area contributed by atoms with Gasteiger partial charge in [0.05, 0.1) is 0 Å². The van der Waals surface area contributed by atoms with Gasteiger partial charge in [0, 0.05) is 0 Å². The predicted octanol–water partition coefficient (Wildman–Crippen LogP) is 3.95. The molecule has 0 bridgehead atoms. The molecule has 11 heavy (non-hydrogen) atoms. The normalized spacial score (nSPS) is 13.4. The van der Waals surface area contributed by atoms with Gasteiger partial charge in [0.15, 0.2) is 0 Å². The zero-order valence-electron chi connectivity index (χ0n) is 8.49. The van der Waals surface area contributed by atoms with E-state index in [9.17, 15) is 0 Å². The molecule has 0 saturated heterocycles. The lowest BCUT2D eigenvalue weighted by Crippen LogP contribution is -2.13. The maximum absolute atomic E-state index is 4.10. The first-order chi connectivity index (χ1) is 4.95. The Kier molecular flexibility index (Phi) is 3.57. The summed E-state index contributed by atoms with van der Waals surface area (Å²) < 4.78 is 0. The second-order valence-electron chi connectivity index (χ2n) is 3.69. The summed E-state index contributed by atoms with van der Waals surface area (Å²) >= 11 is 0. The van der Waals surface area contributed by atoms with Gasteiger partial charge in [0.25, 0.3) is 0 Å². The van der Waals surface area contributed by atoms with Gasteiger partial charge in [-0.3, -0.25) is 0 Å². The fraction of sp³-hybridized carbons (Fsp3) is 0.636. The molecule has 64 valence electrons. The zero-order valence-corrected chi connectivity index (χ0v) is 8.49. The van der Waals surface area contributed by atoms with Crippen molar-refractivity contribution in [2.45, 2.75) is 41.0 Å². The van der Waals surface area contributed by atoms with Crippen molar-refractivity contribution in [1.82, 2.24) is 0 Å². The Bertz CT molecular complexity index is 170. The largest absolute Gasteiger partial charge is 0.0950 e. The first-order valence-electron chi connectivity index (χ1n) is 4.28. The molecule has 0 fully saturated rings. The van der Waals surface area contributed by atoms with Crippen LogP contribution in [0.1, 0.15) is 41.0 Å². The van der Waals surface area contributed by atoms with Crippen LogP contribution in [-0.4, -0.2) is 0 Å². The summed E-state index contributed by atoms with van der Waals surface area (Å²) in [5.41, 5.74) is 2.84. The van der Waals surface area contributed by atoms with Gasteiger partial charge in [-0.15, -0.1) is 0 Å². The van der Waals surface area contributed by atoms with Crippen molar-refractivity contribution in [2.75, 3.05) is 0 Å². The van der Waals surface area contributed by atoms with E-state index in [0.29, 0.717) is 0 Å². The van der Waals surface area contributed by atoms with Gasteiger partial charge in [-0.2, -0.15) is 0 Å². The quantitative estimate of drug-likeness (QED) is 0.537. The van der Waals surface area contributed by atoms with Crippen LogP contribution in [0.15, 0.2) is 23.8 Å². The third-order valence-electron chi connectivity index (χ3n) is 2.61. The Morgan fingerprint density at radius 3 is 2.18 bits per heavy atom. The standard InChI is InChI=1S/C11H20/c1-7-9(3)10(4)11(5,6)8-2/h7H,4,8H2,1-3,5-6H3/b9-7-. The molecule has 0 nitrogen and oxygen atoms in total. The minimum atomic E-state index is 0.261. The molecule has 0 spiro atoms. The highest BCUT2D eigenvalue weighted by Crippen LogP contribution is 2.32. The second-order valence-corrected chi connectivity index (χ2v) is 3.69. The monoisotopic (exact) mass is 152 g/mol. The summed E-state index contributed by atoms with van der Waals surface area (Å²) in [5.74, 6) is 0. The van der Waals surface area contributed by atoms with Gasteiger partial charge in [-0.25, -0.2) is 0 Å². The van der Waals surface area contributed by atoms with Gasteiger partial charge in [-0.05, 0) is 31.3 Å². The number of rotatable bonds is 3. The molecule has 0 aliphatic heterocycles. The minimum absolute atomic E-state index is 0.261. The Morgan fingerprint density at radius 2 is 1.91 bits per heavy atom. The van der Waals surface area contributed by atoms with E-state index in [-0.39, 0.29) is 5.41 Å². The maximum atomic E-state index is 4.10. The van der Waals surface area contributed by atoms with Crippen LogP contribution in [0.4, 0.5) is 0 Å². The van der Waals surface area contributed by atoms with Gasteiger partial charge >= 0.3 is 0 Å². The van der Waals surface area contributed by atoms with Crippen molar-refractivity contribution in [3.05, 3.63) is 23.8 Å². The smallest absolute Gasteiger partial charge is 0.0110 e. The summed E-state index contributed by atoms with van der Waals surface area (Å²) in [5, 5.41) is 0. The third-order valence-corrected chi connectivity index (χ3v) is 2.61. The molecule has 0 aliphatic rings. The molecule has 0 aromatic rings. The van der Waals surface area contributed by atoms with Crippen molar-refractivity contribution in [3.63, 3.8) is 0 Å². The van der Waals surface area contributed by atoms with Crippen molar-refractivity contribution in [1.29, 1.82) is 0 Å². The summed E-state index contributed by atoms with van der Waals surface area (Å²) in [6.07, 6.45) is 3.27. The SMILES string of the molecule is C=C(/C(C)=C\C)C(C)(C)CC. The molecule has 0 unspecified atom stereocenters. The number of hydrogen-bond acceptors (Lipinski definition) is 0. The fourth-order valence-corrected chi connectivity index (χ4v) is 0.921. The van der Waals surface area contributed by atoms with Crippen LogP contribution in [-0.2, 0) is 0 Å². The molecule has 0 N–H and O–H groups in total. The molecule has 0 rings (SSSR count). The van der Waals surface area contributed by atoms with Crippen molar-refractivity contribution < 1.29 is 0 Å². The molecular formula is C11H20. The molecule has 0 heterocycles. The Morgan fingerprint density at radius 1 is 1.45 bits per heavy atom. The third kappa shape index (κ3) is 2.53. The Labute approximate surface area is 71.0 Å². The minimum Gasteiger partial charge on any atom is -0.0950 e. The first kappa shape index (κ1) is 10.5.